The lowest BCUT2D eigenvalue weighted by molar-refractivity contribution is 0.101. The van der Waals surface area contributed by atoms with Gasteiger partial charge in [-0.25, -0.2) is 4.39 Å². The van der Waals surface area contributed by atoms with Crippen LogP contribution >= 0.6 is 0 Å². The number of benzene rings is 3. The zero-order valence-corrected chi connectivity index (χ0v) is 16.1. The van der Waals surface area contributed by atoms with E-state index in [0.29, 0.717) is 29.2 Å². The number of aryl methyl sites for hydroxylation is 1. The Morgan fingerprint density at radius 2 is 1.83 bits per heavy atom. The topological polar surface area (TPSA) is 44.8 Å². The molecule has 0 fully saturated rings. The van der Waals surface area contributed by atoms with E-state index in [0.717, 1.165) is 16.9 Å². The summed E-state index contributed by atoms with van der Waals surface area (Å²) in [4.78, 5) is 12.7. The summed E-state index contributed by atoms with van der Waals surface area (Å²) >= 11 is 0. The highest BCUT2D eigenvalue weighted by Crippen LogP contribution is 2.38. The number of rotatable bonds is 5. The van der Waals surface area contributed by atoms with Crippen molar-refractivity contribution in [3.8, 4) is 17.2 Å². The Labute approximate surface area is 168 Å². The van der Waals surface area contributed by atoms with Gasteiger partial charge in [-0.05, 0) is 48.4 Å². The number of carbonyl (C=O) groups is 1. The van der Waals surface area contributed by atoms with E-state index in [1.165, 1.54) is 12.1 Å². The van der Waals surface area contributed by atoms with Gasteiger partial charge in [-0.3, -0.25) is 4.79 Å². The second-order valence-corrected chi connectivity index (χ2v) is 6.71. The largest absolute Gasteiger partial charge is 0.496 e. The molecule has 0 aromatic heterocycles. The van der Waals surface area contributed by atoms with Crippen LogP contribution in [0.2, 0.25) is 0 Å². The molecular weight excluding hydrogens is 371 g/mol. The Kier molecular flexibility index (Phi) is 5.04. The number of methoxy groups -OCH3 is 1. The Bertz CT molecular complexity index is 1100. The molecule has 0 saturated carbocycles. The predicted octanol–water partition coefficient (Wildman–Crippen LogP) is 5.34. The van der Waals surface area contributed by atoms with Crippen LogP contribution in [-0.2, 0) is 6.61 Å². The Morgan fingerprint density at radius 3 is 2.59 bits per heavy atom. The van der Waals surface area contributed by atoms with Crippen LogP contribution in [0.15, 0.2) is 66.4 Å². The molecule has 146 valence electrons. The van der Waals surface area contributed by atoms with Crippen molar-refractivity contribution in [3.63, 3.8) is 0 Å². The summed E-state index contributed by atoms with van der Waals surface area (Å²) in [5.74, 6) is 1.49. The van der Waals surface area contributed by atoms with Crippen molar-refractivity contribution >= 4 is 11.9 Å². The van der Waals surface area contributed by atoms with Crippen molar-refractivity contribution in [2.75, 3.05) is 7.11 Å². The lowest BCUT2D eigenvalue weighted by Crippen LogP contribution is -2.00. The van der Waals surface area contributed by atoms with Crippen molar-refractivity contribution in [1.82, 2.24) is 0 Å². The van der Waals surface area contributed by atoms with Crippen LogP contribution in [0.5, 0.6) is 17.2 Å². The number of ether oxygens (including phenoxy) is 3. The third kappa shape index (κ3) is 3.85. The molecule has 4 nitrogen and oxygen atoms in total. The number of hydrogen-bond donors (Lipinski definition) is 0. The lowest BCUT2D eigenvalue weighted by atomic mass is 10.0. The minimum Gasteiger partial charge on any atom is -0.496 e. The molecule has 3 aromatic carbocycles. The van der Waals surface area contributed by atoms with Gasteiger partial charge in [0.15, 0.2) is 5.76 Å². The number of halogens is 1. The maximum atomic E-state index is 13.1. The zero-order chi connectivity index (χ0) is 20.4. The molecule has 0 saturated heterocycles. The van der Waals surface area contributed by atoms with Gasteiger partial charge >= 0.3 is 0 Å². The number of carbonyl (C=O) groups excluding carboxylic acids is 1. The van der Waals surface area contributed by atoms with Gasteiger partial charge in [-0.1, -0.05) is 30.3 Å². The molecule has 0 radical (unpaired) electrons. The van der Waals surface area contributed by atoms with E-state index < -0.39 is 0 Å². The zero-order valence-electron chi connectivity index (χ0n) is 16.1. The summed E-state index contributed by atoms with van der Waals surface area (Å²) in [5.41, 5.74) is 2.89. The van der Waals surface area contributed by atoms with Crippen molar-refractivity contribution in [3.05, 3.63) is 94.5 Å². The summed E-state index contributed by atoms with van der Waals surface area (Å²) in [7, 11) is 1.62. The van der Waals surface area contributed by atoms with Crippen molar-refractivity contribution < 1.29 is 23.4 Å². The van der Waals surface area contributed by atoms with E-state index in [2.05, 4.69) is 0 Å². The van der Waals surface area contributed by atoms with E-state index >= 15 is 0 Å². The van der Waals surface area contributed by atoms with Gasteiger partial charge in [0.05, 0.1) is 12.7 Å². The lowest BCUT2D eigenvalue weighted by Gasteiger charge is -2.11. The van der Waals surface area contributed by atoms with Crippen LogP contribution in [0.1, 0.15) is 27.0 Å². The molecule has 0 aliphatic carbocycles. The van der Waals surface area contributed by atoms with Gasteiger partial charge in [0.1, 0.15) is 29.7 Å². The first-order chi connectivity index (χ1) is 14.0. The average Bonchev–Trinajstić information content (AvgIpc) is 3.04. The van der Waals surface area contributed by atoms with E-state index in [-0.39, 0.29) is 17.4 Å². The molecule has 4 rings (SSSR count). The van der Waals surface area contributed by atoms with Gasteiger partial charge in [-0.2, -0.15) is 0 Å². The van der Waals surface area contributed by atoms with Gasteiger partial charge in [0, 0.05) is 11.6 Å². The molecule has 0 bridgehead atoms. The number of allylic oxidation sites excluding steroid dienone is 1. The Balaban J connectivity index is 1.57. The predicted molar refractivity (Wildman–Crippen MR) is 108 cm³/mol. The minimum atomic E-state index is -0.332. The van der Waals surface area contributed by atoms with Crippen LogP contribution < -0.4 is 14.2 Å². The van der Waals surface area contributed by atoms with Crippen LogP contribution in [-0.4, -0.2) is 12.9 Å². The molecule has 0 atom stereocenters. The molecule has 0 unspecified atom stereocenters. The average molecular weight is 390 g/mol. The molecule has 0 N–H and O–H groups in total. The van der Waals surface area contributed by atoms with E-state index in [1.807, 2.05) is 37.3 Å². The molecule has 29 heavy (non-hydrogen) atoms. The highest BCUT2D eigenvalue weighted by molar-refractivity contribution is 6.15. The number of fused-ring (bicyclic) bond motifs is 1. The molecule has 3 aromatic rings. The van der Waals surface area contributed by atoms with Crippen LogP contribution in [0, 0.1) is 12.7 Å². The minimum absolute atomic E-state index is 0.196. The molecule has 0 amide bonds. The van der Waals surface area contributed by atoms with Crippen molar-refractivity contribution in [2.45, 2.75) is 13.5 Å². The van der Waals surface area contributed by atoms with Gasteiger partial charge < -0.3 is 14.2 Å². The SMILES string of the molecule is COc1ccccc1COc1cc(C)c2c(c1)O/C(=C\c1ccc(F)cc1)C2=O. The quantitative estimate of drug-likeness (QED) is 0.552. The Hall–Kier alpha value is -3.60. The van der Waals surface area contributed by atoms with Crippen LogP contribution in [0.25, 0.3) is 6.08 Å². The second-order valence-electron chi connectivity index (χ2n) is 6.71. The third-order valence-electron chi connectivity index (χ3n) is 4.70. The number of hydrogen-bond acceptors (Lipinski definition) is 4. The van der Waals surface area contributed by atoms with Gasteiger partial charge in [0.2, 0.25) is 5.78 Å². The summed E-state index contributed by atoms with van der Waals surface area (Å²) in [6, 6.07) is 17.0. The molecule has 1 heterocycles. The normalized spacial score (nSPS) is 13.9. The highest BCUT2D eigenvalue weighted by Gasteiger charge is 2.30. The Morgan fingerprint density at radius 1 is 1.07 bits per heavy atom. The number of Topliss-reactive ketones (excluding diaryl/α,β-unsaturated/α-hetero) is 1. The van der Waals surface area contributed by atoms with Gasteiger partial charge in [0.25, 0.3) is 0 Å². The van der Waals surface area contributed by atoms with E-state index in [9.17, 15) is 9.18 Å². The molecule has 5 heteroatoms. The number of ketones is 1. The third-order valence-corrected chi connectivity index (χ3v) is 4.70. The summed E-state index contributed by atoms with van der Waals surface area (Å²) < 4.78 is 30.1. The van der Waals surface area contributed by atoms with E-state index in [1.54, 1.807) is 31.4 Å². The molecule has 1 aliphatic heterocycles. The number of para-hydroxylation sites is 1. The van der Waals surface area contributed by atoms with Crippen molar-refractivity contribution in [2.24, 2.45) is 0 Å². The fraction of sp³-hybridized carbons (Fsp3) is 0.125. The fourth-order valence-electron chi connectivity index (χ4n) is 3.25. The maximum Gasteiger partial charge on any atom is 0.232 e. The van der Waals surface area contributed by atoms with Crippen molar-refractivity contribution in [1.29, 1.82) is 0 Å². The first kappa shape index (κ1) is 18.7. The fourth-order valence-corrected chi connectivity index (χ4v) is 3.25. The summed E-state index contributed by atoms with van der Waals surface area (Å²) in [6.07, 6.45) is 1.61. The van der Waals surface area contributed by atoms with Gasteiger partial charge in [-0.15, -0.1) is 0 Å². The van der Waals surface area contributed by atoms with Crippen LogP contribution in [0.4, 0.5) is 4.39 Å². The van der Waals surface area contributed by atoms with Crippen LogP contribution in [0.3, 0.4) is 0 Å². The smallest absolute Gasteiger partial charge is 0.232 e. The standard InChI is InChI=1S/C24H19FO4/c1-15-11-19(28-14-17-5-3-4-6-20(17)27-2)13-21-23(15)24(26)22(29-21)12-16-7-9-18(25)10-8-16/h3-13H,14H2,1-2H3/b22-12-. The highest BCUT2D eigenvalue weighted by atomic mass is 19.1. The molecule has 1 aliphatic rings. The van der Waals surface area contributed by atoms with E-state index in [4.69, 9.17) is 14.2 Å². The first-order valence-corrected chi connectivity index (χ1v) is 9.14. The summed E-state index contributed by atoms with van der Waals surface area (Å²) in [5, 5.41) is 0. The monoisotopic (exact) mass is 390 g/mol. The molecular formula is C24H19FO4. The first-order valence-electron chi connectivity index (χ1n) is 9.14. The molecule has 0 spiro atoms. The maximum absolute atomic E-state index is 13.1. The second kappa shape index (κ2) is 7.80. The summed E-state index contributed by atoms with van der Waals surface area (Å²) in [6.45, 7) is 2.17.